The predicted octanol–water partition coefficient (Wildman–Crippen LogP) is 0.963. The Balaban J connectivity index is 2.30. The molecule has 0 aliphatic rings. The van der Waals surface area contributed by atoms with Gasteiger partial charge in [-0.15, -0.1) is 0 Å². The number of hydrogen-bond acceptors (Lipinski definition) is 4. The van der Waals surface area contributed by atoms with E-state index in [1.807, 2.05) is 25.1 Å². The van der Waals surface area contributed by atoms with E-state index in [1.54, 1.807) is 19.2 Å². The summed E-state index contributed by atoms with van der Waals surface area (Å²) < 4.78 is 23.9. The maximum absolute atomic E-state index is 12.0. The quantitative estimate of drug-likeness (QED) is 0.666. The number of hydrogen-bond donors (Lipinski definition) is 2. The van der Waals surface area contributed by atoms with Gasteiger partial charge in [0.2, 0.25) is 5.91 Å². The van der Waals surface area contributed by atoms with E-state index in [4.69, 9.17) is 0 Å². The zero-order valence-corrected chi connectivity index (χ0v) is 13.4. The van der Waals surface area contributed by atoms with Crippen molar-refractivity contribution in [3.63, 3.8) is 0 Å². The number of carbonyl (C=O) groups is 1. The van der Waals surface area contributed by atoms with Gasteiger partial charge in [0, 0.05) is 19.0 Å². The third-order valence-corrected chi connectivity index (χ3v) is 4.80. The van der Waals surface area contributed by atoms with Crippen molar-refractivity contribution < 1.29 is 13.2 Å². The summed E-state index contributed by atoms with van der Waals surface area (Å²) in [5.74, 6) is -0.0266. The fraction of sp³-hybridized carbons (Fsp3) is 0.533. The summed E-state index contributed by atoms with van der Waals surface area (Å²) >= 11 is 0. The van der Waals surface area contributed by atoms with Gasteiger partial charge < -0.3 is 10.6 Å². The molecule has 5 nitrogen and oxygen atoms in total. The van der Waals surface area contributed by atoms with Crippen molar-refractivity contribution in [2.24, 2.45) is 5.92 Å². The van der Waals surface area contributed by atoms with E-state index in [0.29, 0.717) is 19.5 Å². The van der Waals surface area contributed by atoms with Gasteiger partial charge in [-0.25, -0.2) is 8.42 Å². The Labute approximate surface area is 127 Å². The lowest BCUT2D eigenvalue weighted by atomic mass is 10.1. The predicted molar refractivity (Wildman–Crippen MR) is 84.7 cm³/mol. The van der Waals surface area contributed by atoms with E-state index in [-0.39, 0.29) is 23.3 Å². The first-order valence-electron chi connectivity index (χ1n) is 7.11. The van der Waals surface area contributed by atoms with Crippen molar-refractivity contribution in [3.8, 4) is 0 Å². The van der Waals surface area contributed by atoms with Crippen LogP contribution in [0.5, 0.6) is 0 Å². The molecule has 0 saturated heterocycles. The monoisotopic (exact) mass is 312 g/mol. The SMILES string of the molecule is CNCC(C)C(=O)NCCCS(=O)(=O)Cc1ccccc1. The van der Waals surface area contributed by atoms with Gasteiger partial charge in [0.1, 0.15) is 0 Å². The molecule has 2 N–H and O–H groups in total. The van der Waals surface area contributed by atoms with Crippen LogP contribution in [0.2, 0.25) is 0 Å². The van der Waals surface area contributed by atoms with Crippen molar-refractivity contribution >= 4 is 15.7 Å². The maximum Gasteiger partial charge on any atom is 0.224 e. The van der Waals surface area contributed by atoms with Crippen molar-refractivity contribution in [2.45, 2.75) is 19.1 Å². The van der Waals surface area contributed by atoms with E-state index >= 15 is 0 Å². The van der Waals surface area contributed by atoms with Crippen LogP contribution in [0, 0.1) is 5.92 Å². The molecule has 0 aliphatic carbocycles. The van der Waals surface area contributed by atoms with Gasteiger partial charge in [0.25, 0.3) is 0 Å². The van der Waals surface area contributed by atoms with Crippen molar-refractivity contribution in [3.05, 3.63) is 35.9 Å². The molecule has 21 heavy (non-hydrogen) atoms. The Bertz CT molecular complexity index is 529. The molecule has 0 heterocycles. The van der Waals surface area contributed by atoms with Gasteiger partial charge in [-0.2, -0.15) is 0 Å². The van der Waals surface area contributed by atoms with E-state index in [9.17, 15) is 13.2 Å². The van der Waals surface area contributed by atoms with Crippen LogP contribution in [0.15, 0.2) is 30.3 Å². The molecule has 0 bridgehead atoms. The molecule has 1 aromatic carbocycles. The topological polar surface area (TPSA) is 75.3 Å². The molecular weight excluding hydrogens is 288 g/mol. The number of carbonyl (C=O) groups excluding carboxylic acids is 1. The Morgan fingerprint density at radius 2 is 1.90 bits per heavy atom. The Morgan fingerprint density at radius 3 is 2.52 bits per heavy atom. The molecule has 6 heteroatoms. The molecule has 0 aliphatic heterocycles. The van der Waals surface area contributed by atoms with Gasteiger partial charge in [-0.3, -0.25) is 4.79 Å². The van der Waals surface area contributed by atoms with Crippen LogP contribution in [0.1, 0.15) is 18.9 Å². The zero-order chi connectivity index (χ0) is 15.7. The minimum absolute atomic E-state index is 0.0511. The summed E-state index contributed by atoms with van der Waals surface area (Å²) in [5.41, 5.74) is 0.796. The van der Waals surface area contributed by atoms with Crippen LogP contribution in [-0.2, 0) is 20.4 Å². The van der Waals surface area contributed by atoms with Crippen LogP contribution in [0.25, 0.3) is 0 Å². The standard InChI is InChI=1S/C15H24N2O3S/c1-13(11-16-2)15(18)17-9-6-10-21(19,20)12-14-7-4-3-5-8-14/h3-5,7-8,13,16H,6,9-12H2,1-2H3,(H,17,18). The second kappa shape index (κ2) is 8.79. The molecule has 118 valence electrons. The molecule has 0 spiro atoms. The molecule has 0 fully saturated rings. The highest BCUT2D eigenvalue weighted by atomic mass is 32.2. The Morgan fingerprint density at radius 1 is 1.24 bits per heavy atom. The van der Waals surface area contributed by atoms with Gasteiger partial charge in [0.05, 0.1) is 11.5 Å². The van der Waals surface area contributed by atoms with E-state index < -0.39 is 9.84 Å². The molecule has 0 saturated carbocycles. The zero-order valence-electron chi connectivity index (χ0n) is 12.6. The fourth-order valence-electron chi connectivity index (χ4n) is 1.98. The highest BCUT2D eigenvalue weighted by Crippen LogP contribution is 2.07. The molecule has 0 radical (unpaired) electrons. The summed E-state index contributed by atoms with van der Waals surface area (Å²) in [6, 6.07) is 9.12. The van der Waals surface area contributed by atoms with E-state index in [0.717, 1.165) is 5.56 Å². The van der Waals surface area contributed by atoms with Gasteiger partial charge >= 0.3 is 0 Å². The van der Waals surface area contributed by atoms with Gasteiger partial charge in [-0.1, -0.05) is 37.3 Å². The minimum atomic E-state index is -3.13. The van der Waals surface area contributed by atoms with Crippen LogP contribution in [0.4, 0.5) is 0 Å². The molecule has 1 unspecified atom stereocenters. The average Bonchev–Trinajstić information content (AvgIpc) is 2.44. The Kier molecular flexibility index (Phi) is 7.39. The summed E-state index contributed by atoms with van der Waals surface area (Å²) in [6.45, 7) is 2.83. The summed E-state index contributed by atoms with van der Waals surface area (Å²) in [4.78, 5) is 11.6. The minimum Gasteiger partial charge on any atom is -0.356 e. The lowest BCUT2D eigenvalue weighted by molar-refractivity contribution is -0.124. The van der Waals surface area contributed by atoms with Gasteiger partial charge in [-0.05, 0) is 19.0 Å². The fourth-order valence-corrected chi connectivity index (χ4v) is 3.41. The third kappa shape index (κ3) is 7.24. The first kappa shape index (κ1) is 17.7. The number of rotatable bonds is 9. The Hall–Kier alpha value is -1.40. The van der Waals surface area contributed by atoms with Crippen LogP contribution in [-0.4, -0.2) is 40.2 Å². The lowest BCUT2D eigenvalue weighted by Crippen LogP contribution is -2.35. The highest BCUT2D eigenvalue weighted by molar-refractivity contribution is 7.90. The largest absolute Gasteiger partial charge is 0.356 e. The molecule has 0 aromatic heterocycles. The smallest absolute Gasteiger partial charge is 0.224 e. The number of amides is 1. The lowest BCUT2D eigenvalue weighted by Gasteiger charge is -2.11. The van der Waals surface area contributed by atoms with Crippen molar-refractivity contribution in [2.75, 3.05) is 25.9 Å². The maximum atomic E-state index is 12.0. The van der Waals surface area contributed by atoms with E-state index in [1.165, 1.54) is 0 Å². The summed E-state index contributed by atoms with van der Waals surface area (Å²) in [6.07, 6.45) is 0.438. The average molecular weight is 312 g/mol. The normalized spacial score (nSPS) is 12.9. The first-order chi connectivity index (χ1) is 9.94. The van der Waals surface area contributed by atoms with Gasteiger partial charge in [0.15, 0.2) is 9.84 Å². The van der Waals surface area contributed by atoms with Crippen molar-refractivity contribution in [1.29, 1.82) is 0 Å². The highest BCUT2D eigenvalue weighted by Gasteiger charge is 2.13. The number of sulfone groups is 1. The second-order valence-corrected chi connectivity index (χ2v) is 7.36. The molecule has 1 rings (SSSR count). The number of benzene rings is 1. The first-order valence-corrected chi connectivity index (χ1v) is 8.93. The number of nitrogens with one attached hydrogen (secondary N) is 2. The summed E-state index contributed by atoms with van der Waals surface area (Å²) in [5, 5.41) is 5.69. The molecule has 1 atom stereocenters. The summed E-state index contributed by atoms with van der Waals surface area (Å²) in [7, 11) is -1.34. The molecule has 1 amide bonds. The van der Waals surface area contributed by atoms with Crippen molar-refractivity contribution in [1.82, 2.24) is 10.6 Å². The van der Waals surface area contributed by atoms with Crippen LogP contribution in [0.3, 0.4) is 0 Å². The third-order valence-electron chi connectivity index (χ3n) is 3.12. The molecule has 1 aromatic rings. The van der Waals surface area contributed by atoms with E-state index in [2.05, 4.69) is 10.6 Å². The second-order valence-electron chi connectivity index (χ2n) is 5.18. The van der Waals surface area contributed by atoms with Crippen LogP contribution < -0.4 is 10.6 Å². The molecular formula is C15H24N2O3S. The van der Waals surface area contributed by atoms with Crippen LogP contribution >= 0.6 is 0 Å².